The molecule has 0 radical (unpaired) electrons. The second-order valence-corrected chi connectivity index (χ2v) is 8.10. The first-order valence-electron chi connectivity index (χ1n) is 7.04. The standard InChI is InChI=1S/C16H12BrN3O4S/c1-25(22,23)13-8-4-10(5-9-13)14(21)18-16-20-19-15(24-16)11-2-6-12(17)7-3-11/h2-9H,1H3,(H,18,20,21). The lowest BCUT2D eigenvalue weighted by atomic mass is 10.2. The van der Waals surface area contributed by atoms with E-state index in [2.05, 4.69) is 31.4 Å². The number of nitrogens with one attached hydrogen (secondary N) is 1. The Morgan fingerprint density at radius 3 is 2.28 bits per heavy atom. The van der Waals surface area contributed by atoms with Gasteiger partial charge in [0, 0.05) is 21.9 Å². The fourth-order valence-corrected chi connectivity index (χ4v) is 2.90. The van der Waals surface area contributed by atoms with Gasteiger partial charge < -0.3 is 4.42 Å². The monoisotopic (exact) mass is 421 g/mol. The van der Waals surface area contributed by atoms with Crippen LogP contribution in [0.1, 0.15) is 10.4 Å². The van der Waals surface area contributed by atoms with Gasteiger partial charge in [-0.2, -0.15) is 0 Å². The summed E-state index contributed by atoms with van der Waals surface area (Å²) in [6.07, 6.45) is 1.10. The molecule has 0 aliphatic heterocycles. The second-order valence-electron chi connectivity index (χ2n) is 5.17. The molecule has 1 heterocycles. The average Bonchev–Trinajstić information content (AvgIpc) is 3.03. The maximum absolute atomic E-state index is 12.2. The van der Waals surface area contributed by atoms with E-state index in [1.807, 2.05) is 12.1 Å². The first-order chi connectivity index (χ1) is 11.8. The van der Waals surface area contributed by atoms with Gasteiger partial charge in [0.05, 0.1) is 4.90 Å². The minimum atomic E-state index is -3.31. The molecule has 2 aromatic carbocycles. The molecule has 1 N–H and O–H groups in total. The third kappa shape index (κ3) is 4.12. The van der Waals surface area contributed by atoms with Gasteiger partial charge in [-0.1, -0.05) is 21.0 Å². The van der Waals surface area contributed by atoms with E-state index in [1.165, 1.54) is 24.3 Å². The third-order valence-electron chi connectivity index (χ3n) is 3.28. The van der Waals surface area contributed by atoms with Crippen LogP contribution in [0, 0.1) is 0 Å². The number of anilines is 1. The lowest BCUT2D eigenvalue weighted by Crippen LogP contribution is -2.12. The summed E-state index contributed by atoms with van der Waals surface area (Å²) < 4.78 is 29.2. The van der Waals surface area contributed by atoms with Crippen molar-refractivity contribution in [2.75, 3.05) is 11.6 Å². The van der Waals surface area contributed by atoms with Crippen molar-refractivity contribution in [1.29, 1.82) is 0 Å². The highest BCUT2D eigenvalue weighted by atomic mass is 79.9. The molecule has 0 saturated heterocycles. The zero-order chi connectivity index (χ0) is 18.0. The Morgan fingerprint density at radius 1 is 1.04 bits per heavy atom. The van der Waals surface area contributed by atoms with Crippen LogP contribution in [0.5, 0.6) is 0 Å². The summed E-state index contributed by atoms with van der Waals surface area (Å²) >= 11 is 3.34. The zero-order valence-electron chi connectivity index (χ0n) is 12.9. The zero-order valence-corrected chi connectivity index (χ0v) is 15.3. The van der Waals surface area contributed by atoms with Crippen LogP contribution >= 0.6 is 15.9 Å². The van der Waals surface area contributed by atoms with Crippen molar-refractivity contribution in [3.05, 3.63) is 58.6 Å². The van der Waals surface area contributed by atoms with Crippen LogP contribution in [0.4, 0.5) is 6.01 Å². The number of hydrogen-bond donors (Lipinski definition) is 1. The van der Waals surface area contributed by atoms with Crippen LogP contribution in [0.3, 0.4) is 0 Å². The molecule has 7 nitrogen and oxygen atoms in total. The number of aromatic nitrogens is 2. The average molecular weight is 422 g/mol. The second kappa shape index (κ2) is 6.77. The van der Waals surface area contributed by atoms with Crippen molar-refractivity contribution < 1.29 is 17.6 Å². The molecule has 3 rings (SSSR count). The lowest BCUT2D eigenvalue weighted by Gasteiger charge is -2.02. The molecule has 0 spiro atoms. The largest absolute Gasteiger partial charge is 0.403 e. The summed E-state index contributed by atoms with van der Waals surface area (Å²) in [5.74, 6) is -0.207. The lowest BCUT2D eigenvalue weighted by molar-refractivity contribution is 0.102. The van der Waals surface area contributed by atoms with Gasteiger partial charge in [0.2, 0.25) is 5.89 Å². The highest BCUT2D eigenvalue weighted by Crippen LogP contribution is 2.22. The molecule has 0 aliphatic carbocycles. The van der Waals surface area contributed by atoms with E-state index in [-0.39, 0.29) is 22.4 Å². The minimum absolute atomic E-state index is 0.0462. The van der Waals surface area contributed by atoms with Gasteiger partial charge in [0.15, 0.2) is 9.84 Å². The van der Waals surface area contributed by atoms with Crippen molar-refractivity contribution in [3.63, 3.8) is 0 Å². The molecule has 25 heavy (non-hydrogen) atoms. The number of nitrogens with zero attached hydrogens (tertiary/aromatic N) is 2. The Balaban J connectivity index is 1.74. The molecule has 0 aliphatic rings. The quantitative estimate of drug-likeness (QED) is 0.693. The van der Waals surface area contributed by atoms with E-state index in [0.717, 1.165) is 10.7 Å². The summed E-state index contributed by atoms with van der Waals surface area (Å²) in [6, 6.07) is 12.8. The van der Waals surface area contributed by atoms with Crippen LogP contribution in [0.2, 0.25) is 0 Å². The number of benzene rings is 2. The molecule has 1 aromatic heterocycles. The third-order valence-corrected chi connectivity index (χ3v) is 4.94. The molecule has 1 amide bonds. The maximum atomic E-state index is 12.2. The van der Waals surface area contributed by atoms with Crippen molar-refractivity contribution in [1.82, 2.24) is 10.2 Å². The number of carbonyl (C=O) groups is 1. The summed E-state index contributed by atoms with van der Waals surface area (Å²) in [7, 11) is -3.31. The fourth-order valence-electron chi connectivity index (χ4n) is 2.01. The maximum Gasteiger partial charge on any atom is 0.322 e. The van der Waals surface area contributed by atoms with Gasteiger partial charge in [-0.3, -0.25) is 10.1 Å². The van der Waals surface area contributed by atoms with Gasteiger partial charge in [-0.15, -0.1) is 5.10 Å². The van der Waals surface area contributed by atoms with E-state index in [4.69, 9.17) is 4.42 Å². The van der Waals surface area contributed by atoms with Gasteiger partial charge in [-0.05, 0) is 48.5 Å². The summed E-state index contributed by atoms with van der Waals surface area (Å²) in [6.45, 7) is 0. The van der Waals surface area contributed by atoms with E-state index in [0.29, 0.717) is 5.56 Å². The topological polar surface area (TPSA) is 102 Å². The van der Waals surface area contributed by atoms with Crippen LogP contribution in [-0.4, -0.2) is 30.8 Å². The smallest absolute Gasteiger partial charge is 0.322 e. The molecule has 0 unspecified atom stereocenters. The molecule has 0 fully saturated rings. The number of hydrogen-bond acceptors (Lipinski definition) is 6. The first kappa shape index (κ1) is 17.3. The molecular formula is C16H12BrN3O4S. The molecule has 9 heteroatoms. The van der Waals surface area contributed by atoms with Crippen LogP contribution in [0.25, 0.3) is 11.5 Å². The molecule has 3 aromatic rings. The summed E-state index contributed by atoms with van der Waals surface area (Å²) in [5.41, 5.74) is 0.990. The first-order valence-corrected chi connectivity index (χ1v) is 9.72. The molecule has 0 bridgehead atoms. The Bertz CT molecular complexity index is 1010. The Morgan fingerprint density at radius 2 is 1.68 bits per heavy atom. The minimum Gasteiger partial charge on any atom is -0.403 e. The van der Waals surface area contributed by atoms with Gasteiger partial charge in [0.1, 0.15) is 0 Å². The van der Waals surface area contributed by atoms with Crippen LogP contribution < -0.4 is 5.32 Å². The van der Waals surface area contributed by atoms with Crippen LogP contribution in [0.15, 0.2) is 62.3 Å². The predicted octanol–water partition coefficient (Wildman–Crippen LogP) is 3.15. The number of amides is 1. The number of carbonyl (C=O) groups excluding carboxylic acids is 1. The number of sulfone groups is 1. The van der Waals surface area contributed by atoms with E-state index >= 15 is 0 Å². The van der Waals surface area contributed by atoms with Crippen LogP contribution in [-0.2, 0) is 9.84 Å². The van der Waals surface area contributed by atoms with Crippen molar-refractivity contribution in [3.8, 4) is 11.5 Å². The fraction of sp³-hybridized carbons (Fsp3) is 0.0625. The van der Waals surface area contributed by atoms with E-state index < -0.39 is 15.7 Å². The molecular weight excluding hydrogens is 410 g/mol. The summed E-state index contributed by atoms with van der Waals surface area (Å²) in [5, 5.41) is 10.1. The molecule has 0 saturated carbocycles. The van der Waals surface area contributed by atoms with E-state index in [9.17, 15) is 13.2 Å². The number of rotatable bonds is 4. The SMILES string of the molecule is CS(=O)(=O)c1ccc(C(=O)Nc2nnc(-c3ccc(Br)cc3)o2)cc1. The molecule has 128 valence electrons. The normalized spacial score (nSPS) is 11.3. The Kier molecular flexibility index (Phi) is 4.69. The van der Waals surface area contributed by atoms with Crippen molar-refractivity contribution >= 4 is 37.7 Å². The number of halogens is 1. The highest BCUT2D eigenvalue weighted by Gasteiger charge is 2.14. The van der Waals surface area contributed by atoms with Gasteiger partial charge in [0.25, 0.3) is 5.91 Å². The Hall–Kier alpha value is -2.52. The Labute approximate surface area is 152 Å². The van der Waals surface area contributed by atoms with Crippen molar-refractivity contribution in [2.24, 2.45) is 0 Å². The highest BCUT2D eigenvalue weighted by molar-refractivity contribution is 9.10. The summed E-state index contributed by atoms with van der Waals surface area (Å²) in [4.78, 5) is 12.3. The molecule has 0 atom stereocenters. The van der Waals surface area contributed by atoms with Gasteiger partial charge in [-0.25, -0.2) is 8.42 Å². The van der Waals surface area contributed by atoms with E-state index in [1.54, 1.807) is 12.1 Å². The van der Waals surface area contributed by atoms with Gasteiger partial charge >= 0.3 is 6.01 Å². The van der Waals surface area contributed by atoms with Crippen molar-refractivity contribution in [2.45, 2.75) is 4.90 Å². The predicted molar refractivity (Wildman–Crippen MR) is 94.9 cm³/mol.